The van der Waals surface area contributed by atoms with Crippen molar-refractivity contribution in [3.63, 3.8) is 0 Å². The molecular weight excluding hydrogens is 213 g/mol. The predicted octanol–water partition coefficient (Wildman–Crippen LogP) is 1.57. The first-order chi connectivity index (χ1) is 6.62. The first-order valence-electron chi connectivity index (χ1n) is 4.41. The average Bonchev–Trinajstić information content (AvgIpc) is 1.93. The fourth-order valence-corrected chi connectivity index (χ4v) is 0.983. The molecule has 0 aliphatic carbocycles. The maximum atomic E-state index is 11.7. The van der Waals surface area contributed by atoms with Gasteiger partial charge in [0.05, 0.1) is 6.54 Å². The maximum absolute atomic E-state index is 11.7. The van der Waals surface area contributed by atoms with Gasteiger partial charge in [-0.25, -0.2) is 4.79 Å². The van der Waals surface area contributed by atoms with Gasteiger partial charge in [0.1, 0.15) is 0 Å². The van der Waals surface area contributed by atoms with E-state index in [1.807, 2.05) is 0 Å². The summed E-state index contributed by atoms with van der Waals surface area (Å²) >= 11 is 0. The minimum Gasteiger partial charge on any atom is -0.465 e. The molecule has 4 nitrogen and oxygen atoms in total. The molecule has 90 valence electrons. The second-order valence-electron chi connectivity index (χ2n) is 3.86. The van der Waals surface area contributed by atoms with Crippen molar-refractivity contribution in [2.75, 3.05) is 13.1 Å². The molecule has 0 aliphatic heterocycles. The van der Waals surface area contributed by atoms with Gasteiger partial charge in [0.25, 0.3) is 0 Å². The molecule has 0 aromatic heterocycles. The first-order valence-corrected chi connectivity index (χ1v) is 4.41. The number of halogens is 3. The maximum Gasteiger partial charge on any atom is 0.405 e. The average molecular weight is 228 g/mol. The van der Waals surface area contributed by atoms with Crippen molar-refractivity contribution in [3.8, 4) is 0 Å². The first kappa shape index (κ1) is 14.0. The summed E-state index contributed by atoms with van der Waals surface area (Å²) in [4.78, 5) is 10.3. The van der Waals surface area contributed by atoms with Crippen LogP contribution in [0.5, 0.6) is 0 Å². The van der Waals surface area contributed by atoms with Crippen molar-refractivity contribution >= 4 is 6.09 Å². The second kappa shape index (κ2) is 5.20. The lowest BCUT2D eigenvalue weighted by Crippen LogP contribution is -2.45. The zero-order chi connectivity index (χ0) is 12.1. The molecule has 3 N–H and O–H groups in total. The summed E-state index contributed by atoms with van der Waals surface area (Å²) in [5, 5.41) is 12.8. The Labute approximate surface area is 85.8 Å². The van der Waals surface area contributed by atoms with E-state index in [0.29, 0.717) is 0 Å². The van der Waals surface area contributed by atoms with Crippen molar-refractivity contribution in [3.05, 3.63) is 0 Å². The molecule has 0 saturated heterocycles. The van der Waals surface area contributed by atoms with E-state index in [4.69, 9.17) is 5.11 Å². The summed E-state index contributed by atoms with van der Waals surface area (Å²) in [6, 6.07) is 0. The molecule has 0 rings (SSSR count). The minimum atomic E-state index is -4.23. The van der Waals surface area contributed by atoms with Crippen LogP contribution in [0.4, 0.5) is 18.0 Å². The van der Waals surface area contributed by atoms with E-state index in [0.717, 1.165) is 0 Å². The molecule has 0 heterocycles. The van der Waals surface area contributed by atoms with Crippen LogP contribution in [0.25, 0.3) is 0 Å². The molecule has 0 aromatic carbocycles. The fraction of sp³-hybridized carbons (Fsp3) is 0.875. The smallest absolute Gasteiger partial charge is 0.405 e. The van der Waals surface area contributed by atoms with Gasteiger partial charge in [-0.1, -0.05) is 0 Å². The third-order valence-electron chi connectivity index (χ3n) is 1.70. The zero-order valence-corrected chi connectivity index (χ0v) is 8.61. The van der Waals surface area contributed by atoms with Gasteiger partial charge in [-0.2, -0.15) is 13.2 Å². The van der Waals surface area contributed by atoms with E-state index in [-0.39, 0.29) is 13.0 Å². The van der Waals surface area contributed by atoms with Crippen molar-refractivity contribution in [1.82, 2.24) is 10.6 Å². The number of carbonyl (C=O) groups is 1. The molecule has 0 aromatic rings. The standard InChI is InChI=1S/C8H15F3N2O2/c1-7(2,13-6(14)15)3-4-12-5-8(9,10)11/h12-13H,3-5H2,1-2H3,(H,14,15). The van der Waals surface area contributed by atoms with E-state index in [1.165, 1.54) is 0 Å². The van der Waals surface area contributed by atoms with Gasteiger partial charge in [-0.3, -0.25) is 0 Å². The second-order valence-corrected chi connectivity index (χ2v) is 3.86. The quantitative estimate of drug-likeness (QED) is 0.626. The van der Waals surface area contributed by atoms with E-state index in [9.17, 15) is 18.0 Å². The third-order valence-corrected chi connectivity index (χ3v) is 1.70. The lowest BCUT2D eigenvalue weighted by atomic mass is 10.0. The van der Waals surface area contributed by atoms with Gasteiger partial charge in [-0.15, -0.1) is 0 Å². The molecule has 1 amide bonds. The monoisotopic (exact) mass is 228 g/mol. The largest absolute Gasteiger partial charge is 0.465 e. The molecular formula is C8H15F3N2O2. The predicted molar refractivity (Wildman–Crippen MR) is 48.8 cm³/mol. The van der Waals surface area contributed by atoms with Crippen LogP contribution in [-0.2, 0) is 0 Å². The topological polar surface area (TPSA) is 61.4 Å². The highest BCUT2D eigenvalue weighted by atomic mass is 19.4. The fourth-order valence-electron chi connectivity index (χ4n) is 0.983. The summed E-state index contributed by atoms with van der Waals surface area (Å²) in [5.74, 6) is 0. The number of carboxylic acid groups (broad SMARTS) is 1. The summed E-state index contributed by atoms with van der Waals surface area (Å²) in [6.07, 6.45) is -5.13. The Hall–Kier alpha value is -0.980. The van der Waals surface area contributed by atoms with Gasteiger partial charge in [0.15, 0.2) is 0 Å². The van der Waals surface area contributed by atoms with Crippen molar-refractivity contribution in [2.24, 2.45) is 0 Å². The van der Waals surface area contributed by atoms with Gasteiger partial charge in [0, 0.05) is 5.54 Å². The highest BCUT2D eigenvalue weighted by Gasteiger charge is 2.27. The van der Waals surface area contributed by atoms with Crippen molar-refractivity contribution < 1.29 is 23.1 Å². The van der Waals surface area contributed by atoms with E-state index < -0.39 is 24.4 Å². The normalized spacial score (nSPS) is 12.6. The highest BCUT2D eigenvalue weighted by molar-refractivity contribution is 5.65. The summed E-state index contributed by atoms with van der Waals surface area (Å²) in [5.41, 5.74) is -0.732. The molecule has 15 heavy (non-hydrogen) atoms. The van der Waals surface area contributed by atoms with Crippen LogP contribution in [0.15, 0.2) is 0 Å². The molecule has 0 atom stereocenters. The Morgan fingerprint density at radius 3 is 2.27 bits per heavy atom. The van der Waals surface area contributed by atoms with Gasteiger partial charge < -0.3 is 15.7 Å². The number of nitrogens with one attached hydrogen (secondary N) is 2. The van der Waals surface area contributed by atoms with Gasteiger partial charge in [0.2, 0.25) is 0 Å². The number of hydrogen-bond acceptors (Lipinski definition) is 2. The van der Waals surface area contributed by atoms with E-state index in [2.05, 4.69) is 10.6 Å². The molecule has 0 aliphatic rings. The summed E-state index contributed by atoms with van der Waals surface area (Å²) in [6.45, 7) is 2.26. The van der Waals surface area contributed by atoms with Crippen molar-refractivity contribution in [1.29, 1.82) is 0 Å². The number of rotatable bonds is 5. The highest BCUT2D eigenvalue weighted by Crippen LogP contribution is 2.13. The van der Waals surface area contributed by atoms with E-state index in [1.54, 1.807) is 13.8 Å². The van der Waals surface area contributed by atoms with Crippen LogP contribution in [0, 0.1) is 0 Å². The van der Waals surface area contributed by atoms with Gasteiger partial charge >= 0.3 is 12.3 Å². The molecule has 0 bridgehead atoms. The number of alkyl halides is 3. The minimum absolute atomic E-state index is 0.104. The van der Waals surface area contributed by atoms with E-state index >= 15 is 0 Å². The Morgan fingerprint density at radius 2 is 1.87 bits per heavy atom. The molecule has 0 saturated carbocycles. The summed E-state index contributed by atoms with van der Waals surface area (Å²) in [7, 11) is 0. The van der Waals surface area contributed by atoms with Gasteiger partial charge in [-0.05, 0) is 26.8 Å². The third kappa shape index (κ3) is 9.33. The molecule has 0 unspecified atom stereocenters. The zero-order valence-electron chi connectivity index (χ0n) is 8.61. The number of amides is 1. The SMILES string of the molecule is CC(C)(CCNCC(F)(F)F)NC(=O)O. The number of hydrogen-bond donors (Lipinski definition) is 3. The Bertz CT molecular complexity index is 216. The van der Waals surface area contributed by atoms with Crippen LogP contribution >= 0.6 is 0 Å². The van der Waals surface area contributed by atoms with Crippen LogP contribution in [0.2, 0.25) is 0 Å². The molecule has 0 fully saturated rings. The van der Waals surface area contributed by atoms with Crippen LogP contribution in [0.3, 0.4) is 0 Å². The Morgan fingerprint density at radius 1 is 1.33 bits per heavy atom. The van der Waals surface area contributed by atoms with Crippen LogP contribution < -0.4 is 10.6 Å². The van der Waals surface area contributed by atoms with Crippen molar-refractivity contribution in [2.45, 2.75) is 32.0 Å². The lowest BCUT2D eigenvalue weighted by molar-refractivity contribution is -0.124. The molecule has 7 heteroatoms. The van der Waals surface area contributed by atoms with Crippen LogP contribution in [-0.4, -0.2) is 36.0 Å². The lowest BCUT2D eigenvalue weighted by Gasteiger charge is -2.24. The molecule has 0 radical (unpaired) electrons. The molecule has 0 spiro atoms. The summed E-state index contributed by atoms with van der Waals surface area (Å²) < 4.78 is 35.1. The van der Waals surface area contributed by atoms with Crippen LogP contribution in [0.1, 0.15) is 20.3 Å². The Balaban J connectivity index is 3.71. The Kier molecular flexibility index (Phi) is 4.86.